The molecule has 0 aliphatic heterocycles. The van der Waals surface area contributed by atoms with Crippen molar-refractivity contribution in [1.29, 1.82) is 0 Å². The molecule has 0 saturated heterocycles. The molecular formula is C10H17N3O3. The van der Waals surface area contributed by atoms with E-state index in [0.29, 0.717) is 38.9 Å². The first-order valence-electron chi connectivity index (χ1n) is 5.08. The van der Waals surface area contributed by atoms with E-state index in [2.05, 4.69) is 10.2 Å². The van der Waals surface area contributed by atoms with Crippen LogP contribution in [0.4, 0.5) is 0 Å². The maximum absolute atomic E-state index is 5.53. The molecule has 90 valence electrons. The second-order valence-electron chi connectivity index (χ2n) is 3.02. The lowest BCUT2D eigenvalue weighted by atomic mass is 10.3. The van der Waals surface area contributed by atoms with Crippen molar-refractivity contribution in [2.24, 2.45) is 5.73 Å². The fourth-order valence-corrected chi connectivity index (χ4v) is 1.06. The van der Waals surface area contributed by atoms with Crippen LogP contribution in [0.3, 0.4) is 0 Å². The zero-order valence-electron chi connectivity index (χ0n) is 9.39. The Hall–Kier alpha value is -1.24. The van der Waals surface area contributed by atoms with E-state index in [1.54, 1.807) is 19.4 Å². The molecule has 1 rings (SSSR count). The number of rotatable bonds is 8. The zero-order valence-corrected chi connectivity index (χ0v) is 9.39. The molecule has 1 aromatic heterocycles. The van der Waals surface area contributed by atoms with Gasteiger partial charge in [-0.3, -0.25) is 0 Å². The van der Waals surface area contributed by atoms with Gasteiger partial charge in [0, 0.05) is 19.2 Å². The summed E-state index contributed by atoms with van der Waals surface area (Å²) in [6.07, 6.45) is 1.59. The third-order valence-corrected chi connectivity index (χ3v) is 1.88. The highest BCUT2D eigenvalue weighted by Gasteiger charge is 2.02. The molecule has 0 aliphatic carbocycles. The van der Waals surface area contributed by atoms with Gasteiger partial charge in [-0.25, -0.2) is 0 Å². The van der Waals surface area contributed by atoms with E-state index in [1.165, 1.54) is 0 Å². The number of nitrogens with zero attached hydrogens (tertiary/aromatic N) is 2. The Kier molecular flexibility index (Phi) is 6.39. The van der Waals surface area contributed by atoms with Gasteiger partial charge in [0.15, 0.2) is 0 Å². The van der Waals surface area contributed by atoms with E-state index < -0.39 is 0 Å². The second-order valence-corrected chi connectivity index (χ2v) is 3.02. The fraction of sp³-hybridized carbons (Fsp3) is 0.600. The molecule has 6 nitrogen and oxygen atoms in total. The van der Waals surface area contributed by atoms with Crippen LogP contribution in [0, 0.1) is 0 Å². The smallest absolute Gasteiger partial charge is 0.238 e. The summed E-state index contributed by atoms with van der Waals surface area (Å²) < 4.78 is 15.5. The SMILES string of the molecule is COCCOCCOc1nnccc1CN. The van der Waals surface area contributed by atoms with Gasteiger partial charge in [-0.2, -0.15) is 5.10 Å². The average Bonchev–Trinajstić information content (AvgIpc) is 2.34. The van der Waals surface area contributed by atoms with Crippen molar-refractivity contribution in [1.82, 2.24) is 10.2 Å². The van der Waals surface area contributed by atoms with Gasteiger partial charge in [0.2, 0.25) is 5.88 Å². The molecule has 0 fully saturated rings. The molecule has 16 heavy (non-hydrogen) atoms. The van der Waals surface area contributed by atoms with E-state index >= 15 is 0 Å². The van der Waals surface area contributed by atoms with Crippen molar-refractivity contribution in [2.45, 2.75) is 6.54 Å². The van der Waals surface area contributed by atoms with Gasteiger partial charge >= 0.3 is 0 Å². The first-order valence-corrected chi connectivity index (χ1v) is 5.08. The number of methoxy groups -OCH3 is 1. The predicted molar refractivity (Wildman–Crippen MR) is 58.1 cm³/mol. The monoisotopic (exact) mass is 227 g/mol. The number of nitrogens with two attached hydrogens (primary N) is 1. The molecule has 0 saturated carbocycles. The van der Waals surface area contributed by atoms with Crippen LogP contribution >= 0.6 is 0 Å². The molecule has 0 aliphatic rings. The summed E-state index contributed by atoms with van der Waals surface area (Å²) in [6, 6.07) is 1.79. The Bertz CT molecular complexity index is 296. The van der Waals surface area contributed by atoms with Gasteiger partial charge in [-0.1, -0.05) is 0 Å². The van der Waals surface area contributed by atoms with Gasteiger partial charge < -0.3 is 19.9 Å². The Morgan fingerprint density at radius 2 is 2.06 bits per heavy atom. The molecule has 0 unspecified atom stereocenters. The van der Waals surface area contributed by atoms with Crippen molar-refractivity contribution in [2.75, 3.05) is 33.5 Å². The van der Waals surface area contributed by atoms with Crippen LogP contribution in [0.1, 0.15) is 5.56 Å². The average molecular weight is 227 g/mol. The van der Waals surface area contributed by atoms with E-state index in [9.17, 15) is 0 Å². The minimum Gasteiger partial charge on any atom is -0.474 e. The summed E-state index contributed by atoms with van der Waals surface area (Å²) >= 11 is 0. The van der Waals surface area contributed by atoms with Gasteiger partial charge in [0.05, 0.1) is 26.0 Å². The Balaban J connectivity index is 2.21. The highest BCUT2D eigenvalue weighted by atomic mass is 16.5. The van der Waals surface area contributed by atoms with E-state index in [-0.39, 0.29) is 0 Å². The Morgan fingerprint density at radius 3 is 2.81 bits per heavy atom. The highest BCUT2D eigenvalue weighted by molar-refractivity contribution is 5.22. The first kappa shape index (κ1) is 12.8. The molecule has 1 heterocycles. The van der Waals surface area contributed by atoms with Gasteiger partial charge in [0.1, 0.15) is 6.61 Å². The lowest BCUT2D eigenvalue weighted by Gasteiger charge is -2.08. The normalized spacial score (nSPS) is 10.4. The number of hydrogen-bond acceptors (Lipinski definition) is 6. The molecule has 0 aromatic carbocycles. The van der Waals surface area contributed by atoms with Crippen LogP contribution in [-0.4, -0.2) is 43.7 Å². The van der Waals surface area contributed by atoms with E-state index in [4.69, 9.17) is 19.9 Å². The standard InChI is InChI=1S/C10H17N3O3/c1-14-4-5-15-6-7-16-10-9(8-11)2-3-12-13-10/h2-3H,4-8,11H2,1H3. The topological polar surface area (TPSA) is 79.5 Å². The quantitative estimate of drug-likeness (QED) is 0.629. The first-order chi connectivity index (χ1) is 7.88. The van der Waals surface area contributed by atoms with Crippen molar-refractivity contribution in [3.05, 3.63) is 17.8 Å². The van der Waals surface area contributed by atoms with Crippen LogP contribution < -0.4 is 10.5 Å². The molecule has 0 amide bonds. The van der Waals surface area contributed by atoms with Gasteiger partial charge in [-0.05, 0) is 6.07 Å². The second kappa shape index (κ2) is 7.98. The van der Waals surface area contributed by atoms with Crippen molar-refractivity contribution >= 4 is 0 Å². The van der Waals surface area contributed by atoms with Crippen LogP contribution in [0.25, 0.3) is 0 Å². The van der Waals surface area contributed by atoms with Crippen molar-refractivity contribution < 1.29 is 14.2 Å². The third-order valence-electron chi connectivity index (χ3n) is 1.88. The molecule has 1 aromatic rings. The highest BCUT2D eigenvalue weighted by Crippen LogP contribution is 2.11. The summed E-state index contributed by atoms with van der Waals surface area (Å²) in [5.74, 6) is 0.473. The Morgan fingerprint density at radius 1 is 1.25 bits per heavy atom. The molecule has 0 radical (unpaired) electrons. The molecule has 2 N–H and O–H groups in total. The zero-order chi connectivity index (χ0) is 11.6. The summed E-state index contributed by atoms with van der Waals surface area (Å²) in [6.45, 7) is 2.44. The molecular weight excluding hydrogens is 210 g/mol. The van der Waals surface area contributed by atoms with Gasteiger partial charge in [-0.15, -0.1) is 5.10 Å². The van der Waals surface area contributed by atoms with Crippen LogP contribution in [0.2, 0.25) is 0 Å². The molecule has 6 heteroatoms. The van der Waals surface area contributed by atoms with Crippen LogP contribution in [0.15, 0.2) is 12.3 Å². The molecule has 0 atom stereocenters. The van der Waals surface area contributed by atoms with Crippen molar-refractivity contribution in [3.63, 3.8) is 0 Å². The maximum atomic E-state index is 5.53. The number of aromatic nitrogens is 2. The summed E-state index contributed by atoms with van der Waals surface area (Å²) in [4.78, 5) is 0. The third kappa shape index (κ3) is 4.52. The van der Waals surface area contributed by atoms with Crippen LogP contribution in [0.5, 0.6) is 5.88 Å². The minimum atomic E-state index is 0.384. The van der Waals surface area contributed by atoms with E-state index in [0.717, 1.165) is 5.56 Å². The summed E-state index contributed by atoms with van der Waals surface area (Å²) in [5, 5.41) is 7.58. The summed E-state index contributed by atoms with van der Waals surface area (Å²) in [7, 11) is 1.63. The van der Waals surface area contributed by atoms with Crippen LogP contribution in [-0.2, 0) is 16.0 Å². The summed E-state index contributed by atoms with van der Waals surface area (Å²) in [5.41, 5.74) is 6.36. The van der Waals surface area contributed by atoms with Crippen molar-refractivity contribution in [3.8, 4) is 5.88 Å². The predicted octanol–water partition coefficient (Wildman–Crippen LogP) is -0.0229. The minimum absolute atomic E-state index is 0.384. The fourth-order valence-electron chi connectivity index (χ4n) is 1.06. The van der Waals surface area contributed by atoms with Gasteiger partial charge in [0.25, 0.3) is 0 Å². The lowest BCUT2D eigenvalue weighted by molar-refractivity contribution is 0.0533. The molecule has 0 bridgehead atoms. The number of ether oxygens (including phenoxy) is 3. The molecule has 0 spiro atoms. The lowest BCUT2D eigenvalue weighted by Crippen LogP contribution is -2.12. The largest absolute Gasteiger partial charge is 0.474 e. The van der Waals surface area contributed by atoms with E-state index in [1.807, 2.05) is 0 Å². The number of hydrogen-bond donors (Lipinski definition) is 1. The maximum Gasteiger partial charge on any atom is 0.238 e. The Labute approximate surface area is 94.7 Å².